The van der Waals surface area contributed by atoms with Crippen molar-refractivity contribution in [3.05, 3.63) is 77.0 Å². The summed E-state index contributed by atoms with van der Waals surface area (Å²) in [6.07, 6.45) is 7.19. The molecule has 2 saturated heterocycles. The molecule has 0 atom stereocenters. The smallest absolute Gasteiger partial charge is 0.255 e. The number of halogens is 1. The average molecular weight is 465 g/mol. The molecule has 2 aliphatic rings. The summed E-state index contributed by atoms with van der Waals surface area (Å²) < 4.78 is 0. The third kappa shape index (κ3) is 4.38. The molecule has 1 aromatic heterocycles. The highest BCUT2D eigenvalue weighted by molar-refractivity contribution is 6.34. The number of carbonyl (C=O) groups excluding carboxylic acids is 1. The van der Waals surface area contributed by atoms with Crippen LogP contribution in [-0.2, 0) is 6.42 Å². The summed E-state index contributed by atoms with van der Waals surface area (Å²) in [5, 5.41) is 0.399. The topological polar surface area (TPSA) is 101 Å². The van der Waals surface area contributed by atoms with Crippen LogP contribution in [0.4, 0.5) is 0 Å². The lowest BCUT2D eigenvalue weighted by atomic mass is 9.73. The van der Waals surface area contributed by atoms with Gasteiger partial charge in [0.15, 0.2) is 0 Å². The first-order valence-electron chi connectivity index (χ1n) is 10.9. The first kappa shape index (κ1) is 23.0. The summed E-state index contributed by atoms with van der Waals surface area (Å²) in [5.41, 5.74) is 16.7. The molecule has 4 N–H and O–H groups in total. The van der Waals surface area contributed by atoms with Gasteiger partial charge in [-0.25, -0.2) is 9.97 Å². The lowest BCUT2D eigenvalue weighted by Crippen LogP contribution is -2.72. The number of likely N-dealkylation sites (tertiary alicyclic amines) is 2. The summed E-state index contributed by atoms with van der Waals surface area (Å²) in [5.74, 6) is -0.0316. The number of carbonyl (C=O) groups is 1. The maximum absolute atomic E-state index is 13.0. The molecule has 8 heteroatoms. The van der Waals surface area contributed by atoms with E-state index in [1.54, 1.807) is 24.3 Å². The van der Waals surface area contributed by atoms with Crippen LogP contribution in [0, 0.1) is 5.41 Å². The second-order valence-corrected chi connectivity index (χ2v) is 9.36. The molecule has 0 aliphatic carbocycles. The van der Waals surface area contributed by atoms with E-state index in [0.717, 1.165) is 48.6 Å². The van der Waals surface area contributed by atoms with E-state index < -0.39 is 0 Å². The van der Waals surface area contributed by atoms with Crippen LogP contribution in [-0.4, -0.2) is 58.9 Å². The third-order valence-electron chi connectivity index (χ3n) is 6.23. The van der Waals surface area contributed by atoms with Crippen LogP contribution in [0.5, 0.6) is 0 Å². The van der Waals surface area contributed by atoms with Crippen molar-refractivity contribution in [2.24, 2.45) is 16.9 Å². The maximum atomic E-state index is 13.0. The van der Waals surface area contributed by atoms with Gasteiger partial charge in [0, 0.05) is 60.2 Å². The molecular weight excluding hydrogens is 436 g/mol. The van der Waals surface area contributed by atoms with Crippen molar-refractivity contribution >= 4 is 23.1 Å². The molecule has 7 nitrogen and oxygen atoms in total. The number of amides is 1. The molecule has 0 radical (unpaired) electrons. The van der Waals surface area contributed by atoms with Gasteiger partial charge in [-0.1, -0.05) is 37.2 Å². The number of aryl methyl sites for hydroxylation is 1. The second-order valence-electron chi connectivity index (χ2n) is 8.96. The van der Waals surface area contributed by atoms with Crippen molar-refractivity contribution in [1.82, 2.24) is 19.8 Å². The fraction of sp³-hybridized carbons (Fsp3) is 0.320. The number of benzene rings is 1. The van der Waals surface area contributed by atoms with Gasteiger partial charge in [-0.3, -0.25) is 4.79 Å². The van der Waals surface area contributed by atoms with E-state index >= 15 is 0 Å². The van der Waals surface area contributed by atoms with E-state index in [2.05, 4.69) is 28.5 Å². The Labute approximate surface area is 199 Å². The molecule has 3 heterocycles. The van der Waals surface area contributed by atoms with Gasteiger partial charge in [0.25, 0.3) is 5.91 Å². The molecule has 2 aromatic rings. The number of rotatable bonds is 6. The summed E-state index contributed by atoms with van der Waals surface area (Å²) in [6.45, 7) is 9.38. The number of nitrogens with zero attached hydrogens (tertiary/aromatic N) is 4. The van der Waals surface area contributed by atoms with Gasteiger partial charge in [-0.05, 0) is 31.7 Å². The summed E-state index contributed by atoms with van der Waals surface area (Å²) in [6, 6.07) is 5.43. The average Bonchev–Trinajstić information content (AvgIpc) is 2.74. The van der Waals surface area contributed by atoms with Crippen molar-refractivity contribution in [2.45, 2.75) is 13.3 Å². The van der Waals surface area contributed by atoms with Crippen molar-refractivity contribution in [3.63, 3.8) is 0 Å². The minimum Gasteiger partial charge on any atom is -0.404 e. The van der Waals surface area contributed by atoms with Gasteiger partial charge in [0.1, 0.15) is 6.33 Å². The number of hydrogen-bond acceptors (Lipinski definition) is 6. The molecule has 0 bridgehead atoms. The molecular formula is C25H29ClN6O. The normalized spacial score (nSPS) is 17.8. The van der Waals surface area contributed by atoms with Crippen molar-refractivity contribution in [2.75, 3.05) is 33.2 Å². The summed E-state index contributed by atoms with van der Waals surface area (Å²) in [7, 11) is 2.10. The van der Waals surface area contributed by atoms with Crippen molar-refractivity contribution in [1.29, 1.82) is 0 Å². The largest absolute Gasteiger partial charge is 0.404 e. The third-order valence-corrected chi connectivity index (χ3v) is 6.54. The van der Waals surface area contributed by atoms with Gasteiger partial charge in [-0.15, -0.1) is 0 Å². The molecule has 0 unspecified atom stereocenters. The van der Waals surface area contributed by atoms with Gasteiger partial charge in [0.05, 0.1) is 22.0 Å². The van der Waals surface area contributed by atoms with Crippen LogP contribution in [0.3, 0.4) is 0 Å². The molecule has 33 heavy (non-hydrogen) atoms. The van der Waals surface area contributed by atoms with Crippen LogP contribution in [0.25, 0.3) is 16.8 Å². The first-order chi connectivity index (χ1) is 15.8. The monoisotopic (exact) mass is 464 g/mol. The summed E-state index contributed by atoms with van der Waals surface area (Å²) >= 11 is 6.60. The zero-order valence-electron chi connectivity index (χ0n) is 19.0. The van der Waals surface area contributed by atoms with Crippen LogP contribution in [0.2, 0.25) is 5.02 Å². The second kappa shape index (κ2) is 9.00. The zero-order valence-corrected chi connectivity index (χ0v) is 19.8. The molecule has 2 aliphatic heterocycles. The fourth-order valence-corrected chi connectivity index (χ4v) is 5.10. The number of allylic oxidation sites excluding steroid dienone is 3. The SMILES string of the molecule is C=C(N)/C=C\C(=C/N)c1c(CC)ncnc1-c1ccc(C(=O)N2CC3(CN(C)C3)C2)c(Cl)c1. The first-order valence-corrected chi connectivity index (χ1v) is 11.3. The van der Waals surface area contributed by atoms with E-state index in [-0.39, 0.29) is 11.3 Å². The molecule has 4 rings (SSSR count). The van der Waals surface area contributed by atoms with Crippen molar-refractivity contribution in [3.8, 4) is 11.3 Å². The Morgan fingerprint density at radius 3 is 2.55 bits per heavy atom. The number of nitrogens with two attached hydrogens (primary N) is 2. The van der Waals surface area contributed by atoms with Crippen LogP contribution in [0.15, 0.2) is 55.2 Å². The van der Waals surface area contributed by atoms with Gasteiger partial charge in [-0.2, -0.15) is 0 Å². The predicted molar refractivity (Wildman–Crippen MR) is 132 cm³/mol. The Balaban J connectivity index is 1.64. The standard InChI is InChI=1S/C25H29ClN6O/c1-4-21-22(18(10-27)6-5-16(2)28)23(30-15-29-21)17-7-8-19(20(26)9-17)24(33)32-13-25(14-32)11-31(3)12-25/h5-10,15H,2,4,11-14,27-28H2,1,3H3/b6-5-,18-10+. The van der Waals surface area contributed by atoms with Crippen molar-refractivity contribution < 1.29 is 4.79 Å². The quantitative estimate of drug-likeness (QED) is 0.637. The van der Waals surface area contributed by atoms with E-state index in [1.165, 1.54) is 12.5 Å². The Morgan fingerprint density at radius 1 is 1.24 bits per heavy atom. The van der Waals surface area contributed by atoms with Gasteiger partial charge < -0.3 is 21.3 Å². The number of hydrogen-bond donors (Lipinski definition) is 2. The van der Waals surface area contributed by atoms with E-state index in [1.807, 2.05) is 17.9 Å². The molecule has 1 aromatic carbocycles. The molecule has 1 spiro atoms. The van der Waals surface area contributed by atoms with E-state index in [0.29, 0.717) is 28.4 Å². The van der Waals surface area contributed by atoms with Crippen LogP contribution >= 0.6 is 11.6 Å². The predicted octanol–water partition coefficient (Wildman–Crippen LogP) is 3.08. The highest BCUT2D eigenvalue weighted by Crippen LogP contribution is 2.40. The van der Waals surface area contributed by atoms with Crippen LogP contribution < -0.4 is 11.5 Å². The van der Waals surface area contributed by atoms with E-state index in [9.17, 15) is 4.79 Å². The Morgan fingerprint density at radius 2 is 1.97 bits per heavy atom. The zero-order chi connectivity index (χ0) is 23.8. The minimum atomic E-state index is -0.0316. The highest BCUT2D eigenvalue weighted by atomic mass is 35.5. The molecule has 172 valence electrons. The Bertz CT molecular complexity index is 1160. The molecule has 1 amide bonds. The maximum Gasteiger partial charge on any atom is 0.255 e. The minimum absolute atomic E-state index is 0.0316. The number of aromatic nitrogens is 2. The van der Waals surface area contributed by atoms with Gasteiger partial charge >= 0.3 is 0 Å². The Hall–Kier alpha value is -3.16. The molecule has 2 fully saturated rings. The van der Waals surface area contributed by atoms with Gasteiger partial charge in [0.2, 0.25) is 0 Å². The summed E-state index contributed by atoms with van der Waals surface area (Å²) in [4.78, 5) is 26.1. The molecule has 0 saturated carbocycles. The fourth-order valence-electron chi connectivity index (χ4n) is 4.84. The lowest BCUT2D eigenvalue weighted by Gasteiger charge is -2.59. The van der Waals surface area contributed by atoms with E-state index in [4.69, 9.17) is 23.1 Å². The Kier molecular flexibility index (Phi) is 6.28. The lowest BCUT2D eigenvalue weighted by molar-refractivity contribution is -0.0871. The highest BCUT2D eigenvalue weighted by Gasteiger charge is 2.52. The van der Waals surface area contributed by atoms with Crippen LogP contribution in [0.1, 0.15) is 28.5 Å².